The van der Waals surface area contributed by atoms with Crippen LogP contribution in [0.15, 0.2) is 24.3 Å². The Kier molecular flexibility index (Phi) is 7.11. The lowest BCUT2D eigenvalue weighted by atomic mass is 9.62. The molecule has 0 aromatic heterocycles. The maximum Gasteiger partial charge on any atom is 0.328 e. The number of rotatable bonds is 7. The molecule has 4 N–H and O–H groups in total. The summed E-state index contributed by atoms with van der Waals surface area (Å²) >= 11 is 0. The summed E-state index contributed by atoms with van der Waals surface area (Å²) in [7, 11) is 0. The van der Waals surface area contributed by atoms with Crippen molar-refractivity contribution in [3.63, 3.8) is 0 Å². The van der Waals surface area contributed by atoms with E-state index in [9.17, 15) is 19.2 Å². The maximum atomic E-state index is 11.9. The van der Waals surface area contributed by atoms with Gasteiger partial charge in [-0.15, -0.1) is 0 Å². The Labute approximate surface area is 152 Å². The van der Waals surface area contributed by atoms with E-state index in [-0.39, 0.29) is 16.9 Å². The number of carbonyl (C=O) groups excluding carboxylic acids is 2. The normalized spacial score (nSPS) is 25.1. The lowest BCUT2D eigenvalue weighted by Gasteiger charge is -2.46. The Morgan fingerprint density at radius 3 is 2.00 bits per heavy atom. The summed E-state index contributed by atoms with van der Waals surface area (Å²) in [6, 6.07) is -0.152. The monoisotopic (exact) mass is 366 g/mol. The standard InChI is InChI=1S/C18H26N2O6/c1-17(2)8-12(20-14(22)5-7-16(25)26)9-18(3,10-17)11-19-13(21)4-6-15(23)24/h4-7,12H,8-11H2,1-3H3,(H,19,21)(H,20,22)(H,23,24)(H,25,26)/b6-4+,7-5?. The van der Waals surface area contributed by atoms with E-state index >= 15 is 0 Å². The Morgan fingerprint density at radius 2 is 1.46 bits per heavy atom. The van der Waals surface area contributed by atoms with Gasteiger partial charge in [0.25, 0.3) is 0 Å². The van der Waals surface area contributed by atoms with Crippen molar-refractivity contribution in [1.29, 1.82) is 0 Å². The van der Waals surface area contributed by atoms with Gasteiger partial charge in [-0.25, -0.2) is 9.59 Å². The second-order valence-corrected chi connectivity index (χ2v) is 7.83. The minimum atomic E-state index is -1.19. The minimum Gasteiger partial charge on any atom is -0.478 e. The molecule has 0 bridgehead atoms. The van der Waals surface area contributed by atoms with Gasteiger partial charge in [-0.05, 0) is 30.1 Å². The summed E-state index contributed by atoms with van der Waals surface area (Å²) in [5.74, 6) is -3.33. The van der Waals surface area contributed by atoms with Gasteiger partial charge in [0.05, 0.1) is 0 Å². The zero-order valence-corrected chi connectivity index (χ0v) is 15.2. The Balaban J connectivity index is 2.72. The average molecular weight is 366 g/mol. The molecule has 2 unspecified atom stereocenters. The molecule has 0 saturated heterocycles. The van der Waals surface area contributed by atoms with Gasteiger partial charge in [0.15, 0.2) is 0 Å². The quantitative estimate of drug-likeness (QED) is 0.499. The van der Waals surface area contributed by atoms with Gasteiger partial charge in [0, 0.05) is 36.9 Å². The van der Waals surface area contributed by atoms with Crippen molar-refractivity contribution in [3.05, 3.63) is 24.3 Å². The minimum absolute atomic E-state index is 0.0803. The van der Waals surface area contributed by atoms with Gasteiger partial charge in [0.1, 0.15) is 0 Å². The number of carboxylic acids is 2. The molecule has 0 aliphatic heterocycles. The van der Waals surface area contributed by atoms with Crippen LogP contribution in [0, 0.1) is 10.8 Å². The smallest absolute Gasteiger partial charge is 0.328 e. The second kappa shape index (κ2) is 8.64. The molecule has 8 heteroatoms. The molecule has 26 heavy (non-hydrogen) atoms. The fraction of sp³-hybridized carbons (Fsp3) is 0.556. The van der Waals surface area contributed by atoms with Gasteiger partial charge >= 0.3 is 11.9 Å². The van der Waals surface area contributed by atoms with Crippen molar-refractivity contribution in [3.8, 4) is 0 Å². The number of carboxylic acid groups (broad SMARTS) is 2. The van der Waals surface area contributed by atoms with Crippen LogP contribution in [0.3, 0.4) is 0 Å². The lowest BCUT2D eigenvalue weighted by molar-refractivity contribution is -0.132. The Bertz CT molecular complexity index is 638. The van der Waals surface area contributed by atoms with Gasteiger partial charge in [0.2, 0.25) is 11.8 Å². The fourth-order valence-electron chi connectivity index (χ4n) is 3.77. The molecule has 1 saturated carbocycles. The zero-order valence-electron chi connectivity index (χ0n) is 15.2. The molecule has 8 nitrogen and oxygen atoms in total. The van der Waals surface area contributed by atoms with Crippen molar-refractivity contribution in [2.75, 3.05) is 6.54 Å². The van der Waals surface area contributed by atoms with E-state index in [1.807, 2.05) is 6.92 Å². The van der Waals surface area contributed by atoms with Crippen LogP contribution in [0.4, 0.5) is 0 Å². The fourth-order valence-corrected chi connectivity index (χ4v) is 3.77. The van der Waals surface area contributed by atoms with E-state index in [0.717, 1.165) is 37.1 Å². The molecular weight excluding hydrogens is 340 g/mol. The van der Waals surface area contributed by atoms with Crippen LogP contribution in [0.25, 0.3) is 0 Å². The molecule has 0 heterocycles. The van der Waals surface area contributed by atoms with E-state index < -0.39 is 23.8 Å². The molecule has 1 fully saturated rings. The molecule has 0 aromatic rings. The lowest BCUT2D eigenvalue weighted by Crippen LogP contribution is -2.50. The summed E-state index contributed by atoms with van der Waals surface area (Å²) in [5.41, 5.74) is -0.369. The summed E-state index contributed by atoms with van der Waals surface area (Å²) in [6.07, 6.45) is 5.70. The largest absolute Gasteiger partial charge is 0.478 e. The molecule has 2 amide bonds. The van der Waals surface area contributed by atoms with Crippen molar-refractivity contribution >= 4 is 23.8 Å². The summed E-state index contributed by atoms with van der Waals surface area (Å²) in [5, 5.41) is 22.7. The molecule has 1 aliphatic carbocycles. The Morgan fingerprint density at radius 1 is 0.923 bits per heavy atom. The highest BCUT2D eigenvalue weighted by Gasteiger charge is 2.41. The predicted molar refractivity (Wildman–Crippen MR) is 94.2 cm³/mol. The number of nitrogens with one attached hydrogen (secondary N) is 2. The molecule has 1 rings (SSSR count). The first-order chi connectivity index (χ1) is 11.9. The number of aliphatic carboxylic acids is 2. The topological polar surface area (TPSA) is 133 Å². The van der Waals surface area contributed by atoms with E-state index in [4.69, 9.17) is 10.2 Å². The molecule has 144 valence electrons. The van der Waals surface area contributed by atoms with Crippen molar-refractivity contribution in [2.24, 2.45) is 10.8 Å². The molecule has 0 radical (unpaired) electrons. The molecule has 2 atom stereocenters. The van der Waals surface area contributed by atoms with Crippen LogP contribution in [0.5, 0.6) is 0 Å². The van der Waals surface area contributed by atoms with Gasteiger partial charge < -0.3 is 20.8 Å². The summed E-state index contributed by atoms with van der Waals surface area (Å²) in [6.45, 7) is 6.49. The maximum absolute atomic E-state index is 11.9. The molecule has 1 aliphatic rings. The summed E-state index contributed by atoms with van der Waals surface area (Å²) < 4.78 is 0. The zero-order chi connectivity index (χ0) is 20.0. The Hall–Kier alpha value is -2.64. The first-order valence-corrected chi connectivity index (χ1v) is 8.31. The second-order valence-electron chi connectivity index (χ2n) is 7.83. The van der Waals surface area contributed by atoms with Crippen LogP contribution in [-0.4, -0.2) is 46.6 Å². The van der Waals surface area contributed by atoms with Gasteiger partial charge in [-0.1, -0.05) is 20.8 Å². The number of hydrogen-bond acceptors (Lipinski definition) is 4. The van der Waals surface area contributed by atoms with Crippen molar-refractivity contribution < 1.29 is 29.4 Å². The highest BCUT2D eigenvalue weighted by Crippen LogP contribution is 2.45. The van der Waals surface area contributed by atoms with Crippen LogP contribution in [0.1, 0.15) is 40.0 Å². The highest BCUT2D eigenvalue weighted by atomic mass is 16.4. The van der Waals surface area contributed by atoms with E-state index in [2.05, 4.69) is 24.5 Å². The third-order valence-electron chi connectivity index (χ3n) is 4.23. The first-order valence-electron chi connectivity index (χ1n) is 8.31. The summed E-state index contributed by atoms with van der Waals surface area (Å²) in [4.78, 5) is 44.5. The number of hydrogen-bond donors (Lipinski definition) is 4. The predicted octanol–water partition coefficient (Wildman–Crippen LogP) is 1.09. The van der Waals surface area contributed by atoms with Gasteiger partial charge in [-0.3, -0.25) is 9.59 Å². The van der Waals surface area contributed by atoms with Crippen LogP contribution >= 0.6 is 0 Å². The molecular formula is C18H26N2O6. The third kappa shape index (κ3) is 7.96. The number of carbonyl (C=O) groups is 4. The average Bonchev–Trinajstić information content (AvgIpc) is 2.47. The van der Waals surface area contributed by atoms with E-state index in [1.54, 1.807) is 0 Å². The van der Waals surface area contributed by atoms with Crippen LogP contribution in [-0.2, 0) is 19.2 Å². The van der Waals surface area contributed by atoms with E-state index in [1.165, 1.54) is 0 Å². The number of amides is 2. The first kappa shape index (κ1) is 21.4. The van der Waals surface area contributed by atoms with Crippen LogP contribution in [0.2, 0.25) is 0 Å². The SMILES string of the molecule is CC1(C)CC(NC(=O)C=CC(=O)O)CC(C)(CNC(=O)/C=C/C(=O)O)C1. The third-order valence-corrected chi connectivity index (χ3v) is 4.23. The highest BCUT2D eigenvalue weighted by molar-refractivity contribution is 5.94. The van der Waals surface area contributed by atoms with Crippen molar-refractivity contribution in [2.45, 2.75) is 46.1 Å². The molecule has 0 aromatic carbocycles. The van der Waals surface area contributed by atoms with Crippen molar-refractivity contribution in [1.82, 2.24) is 10.6 Å². The van der Waals surface area contributed by atoms with E-state index in [0.29, 0.717) is 13.0 Å². The molecule has 0 spiro atoms. The van der Waals surface area contributed by atoms with Crippen LogP contribution < -0.4 is 10.6 Å². The van der Waals surface area contributed by atoms with Gasteiger partial charge in [-0.2, -0.15) is 0 Å².